The van der Waals surface area contributed by atoms with E-state index >= 15 is 0 Å². The molecule has 0 bridgehead atoms. The molecule has 0 heterocycles. The molecule has 0 saturated heterocycles. The van der Waals surface area contributed by atoms with Crippen LogP contribution in [0.15, 0.2) is 72.9 Å². The highest BCUT2D eigenvalue weighted by Gasteiger charge is 2.30. The Balaban J connectivity index is 5.35. The minimum absolute atomic E-state index is 0.0849. The molecule has 0 aromatic rings. The molecule has 0 aromatic carbocycles. The molecular formula is C85H154O17P2. The highest BCUT2D eigenvalue weighted by Crippen LogP contribution is 2.45. The van der Waals surface area contributed by atoms with Crippen molar-refractivity contribution in [1.82, 2.24) is 0 Å². The average molecular weight is 1510 g/mol. The number of aliphatic hydroxyl groups is 1. The summed E-state index contributed by atoms with van der Waals surface area (Å²) in [5.74, 6) is -2.18. The third kappa shape index (κ3) is 76.7. The second kappa shape index (κ2) is 77.7. The highest BCUT2D eigenvalue weighted by atomic mass is 31.2. The standard InChI is InChI=1S/C85H154O17P2/c1-5-9-13-17-21-25-29-33-37-38-39-40-44-46-50-54-58-62-66-70-83(88)96-76-81(102-85(90)72-68-64-60-56-52-48-43-36-32-28-24-20-16-12-8-4)78-100-104(93,94)98-74-79(86)73-97-103(91,92)99-77-80(101-84(89)71-67-63-59-55-51-47-42-35-31-27-23-19-15-11-7-3)75-95-82(87)69-65-61-57-53-49-45-41-34-30-26-22-18-14-10-6-2/h21-22,25-26,33-34,36-37,39-41,43,79-81,86H,5-20,23-24,27-32,35,38,42,44-78H2,1-4H3,(H,91,92)(H,93,94)/b25-21-,26-22-,37-33-,40-39-,41-34-,43-36-. The van der Waals surface area contributed by atoms with Crippen LogP contribution in [0.5, 0.6) is 0 Å². The second-order valence-electron chi connectivity index (χ2n) is 28.4. The van der Waals surface area contributed by atoms with E-state index < -0.39 is 97.5 Å². The van der Waals surface area contributed by atoms with Gasteiger partial charge < -0.3 is 33.8 Å². The largest absolute Gasteiger partial charge is 0.472 e. The summed E-state index contributed by atoms with van der Waals surface area (Å²) in [7, 11) is -9.96. The number of carbonyl (C=O) groups is 4. The van der Waals surface area contributed by atoms with Crippen LogP contribution in [0.1, 0.15) is 387 Å². The fraction of sp³-hybridized carbons (Fsp3) is 0.812. The van der Waals surface area contributed by atoms with Gasteiger partial charge in [-0.1, -0.05) is 312 Å². The monoisotopic (exact) mass is 1510 g/mol. The Hall–Kier alpha value is -3.50. The number of hydrogen-bond acceptors (Lipinski definition) is 15. The summed E-state index contributed by atoms with van der Waals surface area (Å²) in [6.07, 6.45) is 80.0. The van der Waals surface area contributed by atoms with Gasteiger partial charge in [0.2, 0.25) is 0 Å². The molecule has 0 fully saturated rings. The molecule has 5 atom stereocenters. The Morgan fingerprint density at radius 3 is 0.750 bits per heavy atom. The van der Waals surface area contributed by atoms with Crippen molar-refractivity contribution in [3.8, 4) is 0 Å². The number of phosphoric ester groups is 2. The van der Waals surface area contributed by atoms with Crippen molar-refractivity contribution < 1.29 is 80.2 Å². The second-order valence-corrected chi connectivity index (χ2v) is 31.3. The number of esters is 4. The van der Waals surface area contributed by atoms with Crippen molar-refractivity contribution in [2.24, 2.45) is 0 Å². The van der Waals surface area contributed by atoms with Gasteiger partial charge in [-0.05, 0) is 122 Å². The van der Waals surface area contributed by atoms with E-state index in [1.165, 1.54) is 141 Å². The van der Waals surface area contributed by atoms with Crippen molar-refractivity contribution in [3.63, 3.8) is 0 Å². The van der Waals surface area contributed by atoms with E-state index in [0.717, 1.165) is 167 Å². The zero-order chi connectivity index (χ0) is 76.0. The van der Waals surface area contributed by atoms with Gasteiger partial charge in [0.25, 0.3) is 0 Å². The molecule has 0 aliphatic carbocycles. The SMILES string of the molecule is CCCCC/C=C\C/C=C\C/C=C\CCCCCCCCC(=O)OCC(COP(=O)(O)OCC(O)COP(=O)(O)OCC(COC(=O)CCCCCCC/C=C\C/C=C\CCCCC)OC(=O)CCCCCCCCCCCCCCCCC)OC(=O)CCCCCCC/C=C\CCCCCCCC. The number of unbranched alkanes of at least 4 members (excludes halogenated alkanes) is 42. The predicted molar refractivity (Wildman–Crippen MR) is 427 cm³/mol. The Morgan fingerprint density at radius 1 is 0.269 bits per heavy atom. The molecule has 0 aliphatic rings. The lowest BCUT2D eigenvalue weighted by atomic mass is 10.0. The first-order valence-corrected chi connectivity index (χ1v) is 45.2. The first-order chi connectivity index (χ1) is 50.7. The third-order valence-corrected chi connectivity index (χ3v) is 20.0. The van der Waals surface area contributed by atoms with Crippen LogP contribution in [0.4, 0.5) is 0 Å². The normalized spacial score (nSPS) is 14.2. The number of ether oxygens (including phenoxy) is 4. The van der Waals surface area contributed by atoms with Crippen LogP contribution in [-0.4, -0.2) is 96.7 Å². The molecule has 0 amide bonds. The minimum Gasteiger partial charge on any atom is -0.462 e. The number of phosphoric acid groups is 2. The van der Waals surface area contributed by atoms with Gasteiger partial charge in [-0.25, -0.2) is 9.13 Å². The summed E-state index contributed by atoms with van der Waals surface area (Å²) < 4.78 is 68.7. The van der Waals surface area contributed by atoms with Crippen LogP contribution in [0.3, 0.4) is 0 Å². The van der Waals surface area contributed by atoms with Gasteiger partial charge in [0.05, 0.1) is 26.4 Å². The zero-order valence-corrected chi connectivity index (χ0v) is 68.2. The van der Waals surface area contributed by atoms with Crippen LogP contribution in [0.25, 0.3) is 0 Å². The summed E-state index contributed by atoms with van der Waals surface area (Å²) in [5, 5.41) is 10.7. The lowest BCUT2D eigenvalue weighted by Crippen LogP contribution is -2.30. The summed E-state index contributed by atoms with van der Waals surface area (Å²) >= 11 is 0. The molecule has 17 nitrogen and oxygen atoms in total. The summed E-state index contributed by atoms with van der Waals surface area (Å²) in [6.45, 7) is 4.86. The molecule has 5 unspecified atom stereocenters. The van der Waals surface area contributed by atoms with Crippen LogP contribution >= 0.6 is 15.6 Å². The first kappa shape index (κ1) is 100. The average Bonchev–Trinajstić information content (AvgIpc) is 0.918. The Labute approximate surface area is 634 Å². The van der Waals surface area contributed by atoms with Crippen molar-refractivity contribution in [3.05, 3.63) is 72.9 Å². The number of hydrogen-bond donors (Lipinski definition) is 3. The number of rotatable bonds is 80. The molecule has 19 heteroatoms. The van der Waals surface area contributed by atoms with Crippen LogP contribution in [0, 0.1) is 0 Å². The topological polar surface area (TPSA) is 237 Å². The van der Waals surface area contributed by atoms with Gasteiger partial charge >= 0.3 is 39.5 Å². The van der Waals surface area contributed by atoms with E-state index in [9.17, 15) is 43.2 Å². The van der Waals surface area contributed by atoms with Gasteiger partial charge in [-0.2, -0.15) is 0 Å². The number of aliphatic hydroxyl groups excluding tert-OH is 1. The van der Waals surface area contributed by atoms with E-state index in [0.29, 0.717) is 25.7 Å². The summed E-state index contributed by atoms with van der Waals surface area (Å²) in [6, 6.07) is 0. The molecular weight excluding hydrogens is 1350 g/mol. The van der Waals surface area contributed by atoms with Crippen molar-refractivity contribution in [2.45, 2.75) is 406 Å². The quantitative estimate of drug-likeness (QED) is 0.0169. The van der Waals surface area contributed by atoms with Crippen LogP contribution in [0.2, 0.25) is 0 Å². The van der Waals surface area contributed by atoms with Crippen molar-refractivity contribution in [2.75, 3.05) is 39.6 Å². The van der Waals surface area contributed by atoms with E-state index in [-0.39, 0.29) is 25.7 Å². The minimum atomic E-state index is -4.98. The van der Waals surface area contributed by atoms with E-state index in [1.807, 2.05) is 0 Å². The van der Waals surface area contributed by atoms with Gasteiger partial charge in [-0.15, -0.1) is 0 Å². The molecule has 0 spiro atoms. The molecule has 0 rings (SSSR count). The summed E-state index contributed by atoms with van der Waals surface area (Å²) in [5.41, 5.74) is 0. The zero-order valence-electron chi connectivity index (χ0n) is 66.5. The molecule has 3 N–H and O–H groups in total. The van der Waals surface area contributed by atoms with Gasteiger partial charge in [0.1, 0.15) is 19.3 Å². The van der Waals surface area contributed by atoms with Crippen LogP contribution < -0.4 is 0 Å². The smallest absolute Gasteiger partial charge is 0.462 e. The summed E-state index contributed by atoms with van der Waals surface area (Å²) in [4.78, 5) is 73.1. The Morgan fingerprint density at radius 2 is 0.471 bits per heavy atom. The third-order valence-electron chi connectivity index (χ3n) is 18.1. The predicted octanol–water partition coefficient (Wildman–Crippen LogP) is 24.8. The van der Waals surface area contributed by atoms with E-state index in [1.54, 1.807) is 0 Å². The molecule has 0 radical (unpaired) electrons. The maximum atomic E-state index is 13.1. The maximum Gasteiger partial charge on any atom is 0.472 e. The maximum absolute atomic E-state index is 13.1. The van der Waals surface area contributed by atoms with E-state index in [2.05, 4.69) is 101 Å². The van der Waals surface area contributed by atoms with Gasteiger partial charge in [-0.3, -0.25) is 37.3 Å². The Bertz CT molecular complexity index is 2250. The fourth-order valence-electron chi connectivity index (χ4n) is 11.7. The van der Waals surface area contributed by atoms with Crippen molar-refractivity contribution in [1.29, 1.82) is 0 Å². The molecule has 0 aliphatic heterocycles. The highest BCUT2D eigenvalue weighted by molar-refractivity contribution is 7.47. The van der Waals surface area contributed by atoms with Gasteiger partial charge in [0.15, 0.2) is 12.2 Å². The molecule has 104 heavy (non-hydrogen) atoms. The fourth-order valence-corrected chi connectivity index (χ4v) is 13.2. The van der Waals surface area contributed by atoms with Crippen molar-refractivity contribution >= 4 is 39.5 Å². The lowest BCUT2D eigenvalue weighted by molar-refractivity contribution is -0.161. The molecule has 0 aromatic heterocycles. The first-order valence-electron chi connectivity index (χ1n) is 42.2. The number of allylic oxidation sites excluding steroid dienone is 12. The van der Waals surface area contributed by atoms with Gasteiger partial charge in [0, 0.05) is 25.7 Å². The van der Waals surface area contributed by atoms with Crippen LogP contribution in [-0.2, 0) is 65.4 Å². The Kier molecular flexibility index (Phi) is 75.0. The number of carbonyl (C=O) groups excluding carboxylic acids is 4. The lowest BCUT2D eigenvalue weighted by Gasteiger charge is -2.21. The molecule has 606 valence electrons. The molecule has 0 saturated carbocycles. The van der Waals surface area contributed by atoms with E-state index in [4.69, 9.17) is 37.0 Å².